The van der Waals surface area contributed by atoms with Gasteiger partial charge in [-0.15, -0.1) is 0 Å². The van der Waals surface area contributed by atoms with Crippen LogP contribution in [0.15, 0.2) is 22.7 Å². The average molecular weight is 320 g/mol. The molecule has 0 fully saturated rings. The van der Waals surface area contributed by atoms with Crippen molar-refractivity contribution in [3.05, 3.63) is 34.1 Å². The predicted molar refractivity (Wildman–Crippen MR) is 78.2 cm³/mol. The smallest absolute Gasteiger partial charge is 0.123 e. The van der Waals surface area contributed by atoms with Crippen molar-refractivity contribution >= 4 is 27.7 Å². The second-order valence-corrected chi connectivity index (χ2v) is 6.03. The first-order chi connectivity index (χ1) is 8.08. The summed E-state index contributed by atoms with van der Waals surface area (Å²) in [5, 5.41) is 3.33. The molecule has 0 radical (unpaired) electrons. The van der Waals surface area contributed by atoms with E-state index in [1.165, 1.54) is 6.07 Å². The highest BCUT2D eigenvalue weighted by Crippen LogP contribution is 2.22. The van der Waals surface area contributed by atoms with E-state index in [-0.39, 0.29) is 5.82 Å². The van der Waals surface area contributed by atoms with Crippen LogP contribution in [0.25, 0.3) is 0 Å². The van der Waals surface area contributed by atoms with Gasteiger partial charge in [0, 0.05) is 10.5 Å². The summed E-state index contributed by atoms with van der Waals surface area (Å²) >= 11 is 5.32. The molecule has 0 saturated heterocycles. The first kappa shape index (κ1) is 15.0. The standard InChI is InChI=1S/C13H19BrFNS/c1-9(8-17-3)13(16-2)7-10-6-11(15)4-5-12(10)14/h4-6,9,13,16H,7-8H2,1-3H3. The minimum absolute atomic E-state index is 0.171. The number of nitrogens with one attached hydrogen (secondary N) is 1. The van der Waals surface area contributed by atoms with Crippen LogP contribution in [-0.4, -0.2) is 25.1 Å². The van der Waals surface area contributed by atoms with Gasteiger partial charge in [0.05, 0.1) is 0 Å². The lowest BCUT2D eigenvalue weighted by molar-refractivity contribution is 0.429. The predicted octanol–water partition coefficient (Wildman–Crippen LogP) is 3.72. The van der Waals surface area contributed by atoms with Gasteiger partial charge in [0.1, 0.15) is 5.82 Å². The van der Waals surface area contributed by atoms with E-state index in [2.05, 4.69) is 34.4 Å². The van der Waals surface area contributed by atoms with Gasteiger partial charge in [0.15, 0.2) is 0 Å². The molecule has 2 unspecified atom stereocenters. The van der Waals surface area contributed by atoms with Crippen LogP contribution in [0.2, 0.25) is 0 Å². The zero-order valence-electron chi connectivity index (χ0n) is 10.5. The van der Waals surface area contributed by atoms with Crippen LogP contribution in [0.1, 0.15) is 12.5 Å². The summed E-state index contributed by atoms with van der Waals surface area (Å²) in [4.78, 5) is 0. The molecule has 0 bridgehead atoms. The first-order valence-electron chi connectivity index (χ1n) is 5.68. The number of hydrogen-bond acceptors (Lipinski definition) is 2. The monoisotopic (exact) mass is 319 g/mol. The Labute approximate surface area is 116 Å². The summed E-state index contributed by atoms with van der Waals surface area (Å²) < 4.78 is 14.2. The largest absolute Gasteiger partial charge is 0.316 e. The Morgan fingerprint density at radius 2 is 2.18 bits per heavy atom. The maximum Gasteiger partial charge on any atom is 0.123 e. The van der Waals surface area contributed by atoms with E-state index >= 15 is 0 Å². The summed E-state index contributed by atoms with van der Waals surface area (Å²) in [7, 11) is 1.97. The van der Waals surface area contributed by atoms with Crippen molar-refractivity contribution in [2.24, 2.45) is 5.92 Å². The molecule has 0 aliphatic rings. The molecule has 1 nitrogen and oxygen atoms in total. The molecule has 4 heteroatoms. The van der Waals surface area contributed by atoms with Gasteiger partial charge in [-0.3, -0.25) is 0 Å². The van der Waals surface area contributed by atoms with E-state index in [4.69, 9.17) is 0 Å². The molecule has 0 saturated carbocycles. The van der Waals surface area contributed by atoms with Crippen LogP contribution in [0.4, 0.5) is 4.39 Å². The number of halogens is 2. The molecule has 17 heavy (non-hydrogen) atoms. The van der Waals surface area contributed by atoms with Gasteiger partial charge >= 0.3 is 0 Å². The van der Waals surface area contributed by atoms with Crippen molar-refractivity contribution in [2.45, 2.75) is 19.4 Å². The normalized spacial score (nSPS) is 14.6. The van der Waals surface area contributed by atoms with Crippen molar-refractivity contribution in [3.8, 4) is 0 Å². The molecule has 1 N–H and O–H groups in total. The minimum atomic E-state index is -0.171. The second kappa shape index (κ2) is 7.39. The van der Waals surface area contributed by atoms with Gasteiger partial charge in [-0.1, -0.05) is 22.9 Å². The van der Waals surface area contributed by atoms with Crippen molar-refractivity contribution in [1.82, 2.24) is 5.32 Å². The van der Waals surface area contributed by atoms with Gasteiger partial charge in [-0.25, -0.2) is 4.39 Å². The molecule has 1 rings (SSSR count). The van der Waals surface area contributed by atoms with Crippen LogP contribution in [0.3, 0.4) is 0 Å². The highest BCUT2D eigenvalue weighted by Gasteiger charge is 2.17. The van der Waals surface area contributed by atoms with E-state index in [0.717, 1.165) is 22.2 Å². The number of thioether (sulfide) groups is 1. The fourth-order valence-electron chi connectivity index (χ4n) is 1.90. The van der Waals surface area contributed by atoms with Gasteiger partial charge in [-0.05, 0) is 55.2 Å². The zero-order chi connectivity index (χ0) is 12.8. The van der Waals surface area contributed by atoms with Gasteiger partial charge in [0.2, 0.25) is 0 Å². The molecule has 0 spiro atoms. The quantitative estimate of drug-likeness (QED) is 0.857. The Balaban J connectivity index is 2.76. The first-order valence-corrected chi connectivity index (χ1v) is 7.87. The third kappa shape index (κ3) is 4.60. The van der Waals surface area contributed by atoms with E-state index in [9.17, 15) is 4.39 Å². The number of rotatable bonds is 6. The van der Waals surface area contributed by atoms with E-state index < -0.39 is 0 Å². The second-order valence-electron chi connectivity index (χ2n) is 4.27. The lowest BCUT2D eigenvalue weighted by atomic mass is 9.96. The van der Waals surface area contributed by atoms with Crippen LogP contribution >= 0.6 is 27.7 Å². The van der Waals surface area contributed by atoms with Crippen molar-refractivity contribution in [1.29, 1.82) is 0 Å². The molecule has 1 aromatic rings. The number of likely N-dealkylation sites (N-methyl/N-ethyl adjacent to an activating group) is 1. The maximum atomic E-state index is 13.2. The number of hydrogen-bond donors (Lipinski definition) is 1. The summed E-state index contributed by atoms with van der Waals surface area (Å²) in [6, 6.07) is 5.24. The van der Waals surface area contributed by atoms with Gasteiger partial charge < -0.3 is 5.32 Å². The molecule has 96 valence electrons. The highest BCUT2D eigenvalue weighted by molar-refractivity contribution is 9.10. The minimum Gasteiger partial charge on any atom is -0.316 e. The fraction of sp³-hybridized carbons (Fsp3) is 0.538. The van der Waals surface area contributed by atoms with E-state index in [1.54, 1.807) is 12.1 Å². The third-order valence-electron chi connectivity index (χ3n) is 2.93. The van der Waals surface area contributed by atoms with Crippen LogP contribution in [0.5, 0.6) is 0 Å². The summed E-state index contributed by atoms with van der Waals surface area (Å²) in [5.41, 5.74) is 1.03. The van der Waals surface area contributed by atoms with Crippen molar-refractivity contribution in [3.63, 3.8) is 0 Å². The molecule has 0 amide bonds. The van der Waals surface area contributed by atoms with Crippen LogP contribution < -0.4 is 5.32 Å². The number of benzene rings is 1. The Morgan fingerprint density at radius 3 is 2.76 bits per heavy atom. The van der Waals surface area contributed by atoms with Crippen LogP contribution in [-0.2, 0) is 6.42 Å². The Morgan fingerprint density at radius 1 is 1.47 bits per heavy atom. The Kier molecular flexibility index (Phi) is 6.52. The highest BCUT2D eigenvalue weighted by atomic mass is 79.9. The molecule has 0 aromatic heterocycles. The molecule has 1 aromatic carbocycles. The van der Waals surface area contributed by atoms with Crippen molar-refractivity contribution in [2.75, 3.05) is 19.1 Å². The molecular weight excluding hydrogens is 301 g/mol. The van der Waals surface area contributed by atoms with Crippen molar-refractivity contribution < 1.29 is 4.39 Å². The summed E-state index contributed by atoms with van der Waals surface area (Å²) in [5.74, 6) is 1.50. The molecule has 0 aliphatic carbocycles. The zero-order valence-corrected chi connectivity index (χ0v) is 12.9. The van der Waals surface area contributed by atoms with Gasteiger partial charge in [0.25, 0.3) is 0 Å². The molecular formula is C13H19BrFNS. The SMILES string of the molecule is CNC(Cc1cc(F)ccc1Br)C(C)CSC. The average Bonchev–Trinajstić information content (AvgIpc) is 2.30. The lowest BCUT2D eigenvalue weighted by Crippen LogP contribution is -2.35. The lowest BCUT2D eigenvalue weighted by Gasteiger charge is -2.23. The maximum absolute atomic E-state index is 13.2. The van der Waals surface area contributed by atoms with Gasteiger partial charge in [-0.2, -0.15) is 11.8 Å². The molecule has 0 heterocycles. The summed E-state index contributed by atoms with van der Waals surface area (Å²) in [6.45, 7) is 2.23. The summed E-state index contributed by atoms with van der Waals surface area (Å²) in [6.07, 6.45) is 2.96. The van der Waals surface area contributed by atoms with Crippen LogP contribution in [0, 0.1) is 11.7 Å². The Bertz CT molecular complexity index is 359. The fourth-order valence-corrected chi connectivity index (χ4v) is 3.07. The topological polar surface area (TPSA) is 12.0 Å². The Hall–Kier alpha value is -0.0600. The third-order valence-corrected chi connectivity index (χ3v) is 4.57. The molecule has 0 aliphatic heterocycles. The van der Waals surface area contributed by atoms with E-state index in [1.807, 2.05) is 18.8 Å². The van der Waals surface area contributed by atoms with E-state index in [0.29, 0.717) is 12.0 Å². The molecule has 2 atom stereocenters.